The first-order valence-electron chi connectivity index (χ1n) is 11.1. The lowest BCUT2D eigenvalue weighted by molar-refractivity contribution is -0.129. The summed E-state index contributed by atoms with van der Waals surface area (Å²) in [6.07, 6.45) is 3.29. The zero-order chi connectivity index (χ0) is 25.4. The Morgan fingerprint density at radius 1 is 0.971 bits per heavy atom. The van der Waals surface area contributed by atoms with Crippen LogP contribution < -0.4 is 30.0 Å². The first-order valence-corrected chi connectivity index (χ1v) is 11.1. The van der Waals surface area contributed by atoms with E-state index in [4.69, 9.17) is 19.4 Å². The number of ether oxygens (including phenoxy) is 3. The predicted octanol–water partition coefficient (Wildman–Crippen LogP) is 3.27. The number of unbranched alkanes of at least 4 members (excludes halogenated alkanes) is 2. The quantitative estimate of drug-likeness (QED) is 0.217. The van der Waals surface area contributed by atoms with Crippen LogP contribution in [0.25, 0.3) is 10.9 Å². The van der Waals surface area contributed by atoms with Crippen molar-refractivity contribution in [3.05, 3.63) is 58.4 Å². The maximum Gasteiger partial charge on any atom is 0.263 e. The number of hydroxylamine groups is 1. The first-order chi connectivity index (χ1) is 16.9. The van der Waals surface area contributed by atoms with E-state index >= 15 is 0 Å². The van der Waals surface area contributed by atoms with Gasteiger partial charge in [-0.25, -0.2) is 5.48 Å². The average molecular weight is 484 g/mol. The Bertz CT molecular complexity index is 1260. The van der Waals surface area contributed by atoms with E-state index in [2.05, 4.69) is 4.98 Å². The molecule has 0 spiro atoms. The third kappa shape index (κ3) is 5.90. The van der Waals surface area contributed by atoms with Crippen LogP contribution in [0.1, 0.15) is 36.0 Å². The summed E-state index contributed by atoms with van der Waals surface area (Å²) >= 11 is 0. The number of H-pyrrole nitrogens is 1. The van der Waals surface area contributed by atoms with Crippen molar-refractivity contribution in [2.24, 2.45) is 0 Å². The number of carbonyl (C=O) groups excluding carboxylic acids is 2. The number of benzene rings is 2. The fourth-order valence-corrected chi connectivity index (χ4v) is 3.76. The summed E-state index contributed by atoms with van der Waals surface area (Å²) in [5.41, 5.74) is 2.23. The third-order valence-electron chi connectivity index (χ3n) is 5.65. The van der Waals surface area contributed by atoms with Gasteiger partial charge in [0.15, 0.2) is 0 Å². The Morgan fingerprint density at radius 2 is 1.69 bits per heavy atom. The van der Waals surface area contributed by atoms with Gasteiger partial charge < -0.3 is 24.1 Å². The van der Waals surface area contributed by atoms with Crippen molar-refractivity contribution in [3.63, 3.8) is 0 Å². The molecular weight excluding hydrogens is 454 g/mol. The lowest BCUT2D eigenvalue weighted by Gasteiger charge is -2.25. The van der Waals surface area contributed by atoms with Crippen molar-refractivity contribution in [3.8, 4) is 17.2 Å². The van der Waals surface area contributed by atoms with Gasteiger partial charge in [0.05, 0.1) is 27.0 Å². The molecule has 0 atom stereocenters. The molecule has 1 aromatic heterocycles. The molecule has 0 saturated carbocycles. The molecule has 0 saturated heterocycles. The number of nitrogens with one attached hydrogen (secondary N) is 2. The van der Waals surface area contributed by atoms with Gasteiger partial charge in [0.2, 0.25) is 11.3 Å². The number of hydrogen-bond donors (Lipinski definition) is 3. The van der Waals surface area contributed by atoms with E-state index in [0.29, 0.717) is 53.1 Å². The Hall–Kier alpha value is -4.05. The summed E-state index contributed by atoms with van der Waals surface area (Å²) in [6.45, 7) is 0.276. The van der Waals surface area contributed by atoms with Gasteiger partial charge in [-0.2, -0.15) is 0 Å². The van der Waals surface area contributed by atoms with Crippen LogP contribution in [0.5, 0.6) is 17.2 Å². The normalized spacial score (nSPS) is 10.6. The SMILES string of the molecule is COc1ccc(N(CCCCCC(=O)NO)C(=O)c2c[nH]c3ccc(OC)cc3c2=O)c(OC)c1. The smallest absolute Gasteiger partial charge is 0.263 e. The first kappa shape index (κ1) is 25.6. The molecule has 2 amide bonds. The van der Waals surface area contributed by atoms with Gasteiger partial charge in [-0.15, -0.1) is 0 Å². The topological polar surface area (TPSA) is 130 Å². The zero-order valence-corrected chi connectivity index (χ0v) is 19.9. The van der Waals surface area contributed by atoms with Crippen LogP contribution in [0.15, 0.2) is 47.4 Å². The number of pyridine rings is 1. The van der Waals surface area contributed by atoms with Crippen molar-refractivity contribution in [2.75, 3.05) is 32.8 Å². The molecule has 3 rings (SSSR count). The lowest BCUT2D eigenvalue weighted by Crippen LogP contribution is -2.35. The zero-order valence-electron chi connectivity index (χ0n) is 19.9. The van der Waals surface area contributed by atoms with Crippen molar-refractivity contribution in [2.45, 2.75) is 25.7 Å². The standard InChI is InChI=1S/C25H29N3O7/c1-33-16-8-10-20-18(13-16)24(30)19(15-26-20)25(31)28(12-6-4-5-7-23(29)27-32)21-11-9-17(34-2)14-22(21)35-3/h8-11,13-15,32H,4-7,12H2,1-3H3,(H,26,30)(H,27,29). The fourth-order valence-electron chi connectivity index (χ4n) is 3.76. The predicted molar refractivity (Wildman–Crippen MR) is 131 cm³/mol. The molecule has 3 N–H and O–H groups in total. The second-order valence-electron chi connectivity index (χ2n) is 7.78. The molecule has 10 heteroatoms. The van der Waals surface area contributed by atoms with Gasteiger partial charge in [-0.1, -0.05) is 6.42 Å². The molecule has 3 aromatic rings. The summed E-state index contributed by atoms with van der Waals surface area (Å²) in [5, 5.41) is 8.98. The Balaban J connectivity index is 1.97. The Labute approximate surface area is 202 Å². The van der Waals surface area contributed by atoms with Crippen molar-refractivity contribution in [1.82, 2.24) is 10.5 Å². The molecular formula is C25H29N3O7. The number of nitrogens with zero attached hydrogens (tertiary/aromatic N) is 1. The number of carbonyl (C=O) groups is 2. The highest BCUT2D eigenvalue weighted by Gasteiger charge is 2.24. The third-order valence-corrected chi connectivity index (χ3v) is 5.65. The summed E-state index contributed by atoms with van der Waals surface area (Å²) in [7, 11) is 4.53. The number of fused-ring (bicyclic) bond motifs is 1. The van der Waals surface area contributed by atoms with E-state index in [1.54, 1.807) is 41.9 Å². The van der Waals surface area contributed by atoms with Crippen molar-refractivity contribution >= 4 is 28.4 Å². The van der Waals surface area contributed by atoms with Gasteiger partial charge in [-0.3, -0.25) is 19.6 Å². The second-order valence-corrected chi connectivity index (χ2v) is 7.78. The largest absolute Gasteiger partial charge is 0.497 e. The van der Waals surface area contributed by atoms with Gasteiger partial charge in [-0.05, 0) is 43.2 Å². The molecule has 1 heterocycles. The summed E-state index contributed by atoms with van der Waals surface area (Å²) in [6, 6.07) is 10.1. The molecule has 0 aliphatic heterocycles. The summed E-state index contributed by atoms with van der Waals surface area (Å²) < 4.78 is 16.0. The molecule has 186 valence electrons. The van der Waals surface area contributed by atoms with Gasteiger partial charge >= 0.3 is 0 Å². The fraction of sp³-hybridized carbons (Fsp3) is 0.320. The number of rotatable bonds is 11. The molecule has 0 bridgehead atoms. The molecule has 35 heavy (non-hydrogen) atoms. The number of aromatic amines is 1. The number of amides is 2. The van der Waals surface area contributed by atoms with E-state index in [1.807, 2.05) is 0 Å². The highest BCUT2D eigenvalue weighted by atomic mass is 16.5. The van der Waals surface area contributed by atoms with Gasteiger partial charge in [0, 0.05) is 36.1 Å². The maximum absolute atomic E-state index is 13.7. The summed E-state index contributed by atoms with van der Waals surface area (Å²) in [4.78, 5) is 42.7. The molecule has 2 aromatic carbocycles. The maximum atomic E-state index is 13.7. The Morgan fingerprint density at radius 3 is 2.37 bits per heavy atom. The minimum absolute atomic E-state index is 0.0247. The van der Waals surface area contributed by atoms with E-state index in [-0.39, 0.29) is 18.5 Å². The highest BCUT2D eigenvalue weighted by molar-refractivity contribution is 6.08. The minimum Gasteiger partial charge on any atom is -0.497 e. The van der Waals surface area contributed by atoms with Gasteiger partial charge in [0.25, 0.3) is 5.91 Å². The number of aromatic nitrogens is 1. The number of anilines is 1. The van der Waals surface area contributed by atoms with Crippen LogP contribution in [0.2, 0.25) is 0 Å². The van der Waals surface area contributed by atoms with Crippen LogP contribution in [0, 0.1) is 0 Å². The van der Waals surface area contributed by atoms with Crippen molar-refractivity contribution < 1.29 is 29.0 Å². The second kappa shape index (κ2) is 11.9. The molecule has 0 aliphatic carbocycles. The van der Waals surface area contributed by atoms with E-state index < -0.39 is 17.2 Å². The molecule has 0 fully saturated rings. The molecule has 0 aliphatic rings. The highest BCUT2D eigenvalue weighted by Crippen LogP contribution is 2.33. The molecule has 0 unspecified atom stereocenters. The van der Waals surface area contributed by atoms with E-state index in [0.717, 1.165) is 0 Å². The minimum atomic E-state index is -0.493. The Kier molecular flexibility index (Phi) is 8.69. The average Bonchev–Trinajstić information content (AvgIpc) is 2.90. The van der Waals surface area contributed by atoms with Crippen LogP contribution in [0.3, 0.4) is 0 Å². The number of methoxy groups -OCH3 is 3. The van der Waals surface area contributed by atoms with Crippen LogP contribution >= 0.6 is 0 Å². The van der Waals surface area contributed by atoms with Crippen LogP contribution in [0.4, 0.5) is 5.69 Å². The van der Waals surface area contributed by atoms with Crippen LogP contribution in [-0.4, -0.2) is 49.9 Å². The van der Waals surface area contributed by atoms with Gasteiger partial charge in [0.1, 0.15) is 22.8 Å². The molecule has 10 nitrogen and oxygen atoms in total. The molecule has 0 radical (unpaired) electrons. The van der Waals surface area contributed by atoms with Crippen molar-refractivity contribution in [1.29, 1.82) is 0 Å². The van der Waals surface area contributed by atoms with E-state index in [9.17, 15) is 14.4 Å². The van der Waals surface area contributed by atoms with Crippen LogP contribution in [-0.2, 0) is 4.79 Å². The van der Waals surface area contributed by atoms with E-state index in [1.165, 1.54) is 32.4 Å². The monoisotopic (exact) mass is 483 g/mol. The lowest BCUT2D eigenvalue weighted by atomic mass is 10.1. The number of hydrogen-bond acceptors (Lipinski definition) is 7. The summed E-state index contributed by atoms with van der Waals surface area (Å²) in [5.74, 6) is 0.522.